The van der Waals surface area contributed by atoms with E-state index in [9.17, 15) is 4.79 Å². The zero-order chi connectivity index (χ0) is 15.9. The number of hydrogen-bond acceptors (Lipinski definition) is 2. The maximum absolute atomic E-state index is 12.2. The predicted octanol–water partition coefficient (Wildman–Crippen LogP) is 4.57. The highest BCUT2D eigenvalue weighted by molar-refractivity contribution is 14.1. The van der Waals surface area contributed by atoms with E-state index in [0.29, 0.717) is 6.54 Å². The lowest BCUT2D eigenvalue weighted by atomic mass is 10.1. The van der Waals surface area contributed by atoms with Crippen LogP contribution >= 0.6 is 34.4 Å². The van der Waals surface area contributed by atoms with Crippen molar-refractivity contribution >= 4 is 40.3 Å². The summed E-state index contributed by atoms with van der Waals surface area (Å²) in [6, 6.07) is 14.4. The molecular formula is C18H20INOS. The molecular weight excluding hydrogens is 405 g/mol. The Morgan fingerprint density at radius 2 is 1.86 bits per heavy atom. The van der Waals surface area contributed by atoms with Crippen molar-refractivity contribution in [2.75, 3.05) is 12.3 Å². The van der Waals surface area contributed by atoms with Gasteiger partial charge < -0.3 is 5.32 Å². The number of hydrogen-bond donors (Lipinski definition) is 1. The van der Waals surface area contributed by atoms with Crippen molar-refractivity contribution in [3.05, 3.63) is 68.3 Å². The molecule has 0 aliphatic carbocycles. The molecule has 0 spiro atoms. The van der Waals surface area contributed by atoms with Crippen LogP contribution in [0.15, 0.2) is 42.5 Å². The van der Waals surface area contributed by atoms with Gasteiger partial charge in [-0.05, 0) is 53.6 Å². The fourth-order valence-electron chi connectivity index (χ4n) is 2.03. The Morgan fingerprint density at radius 1 is 1.14 bits per heavy atom. The summed E-state index contributed by atoms with van der Waals surface area (Å²) in [6.45, 7) is 4.81. The van der Waals surface area contributed by atoms with Gasteiger partial charge in [-0.25, -0.2) is 0 Å². The summed E-state index contributed by atoms with van der Waals surface area (Å²) in [5, 5.41) is 3.00. The van der Waals surface area contributed by atoms with Crippen molar-refractivity contribution in [2.45, 2.75) is 19.6 Å². The Bertz CT molecular complexity index is 640. The summed E-state index contributed by atoms with van der Waals surface area (Å²) in [6.07, 6.45) is 0. The molecule has 4 heteroatoms. The van der Waals surface area contributed by atoms with Crippen LogP contribution < -0.4 is 5.32 Å². The zero-order valence-corrected chi connectivity index (χ0v) is 15.8. The van der Waals surface area contributed by atoms with E-state index >= 15 is 0 Å². The van der Waals surface area contributed by atoms with Gasteiger partial charge in [0.1, 0.15) is 0 Å². The lowest BCUT2D eigenvalue weighted by molar-refractivity contribution is 0.0955. The highest BCUT2D eigenvalue weighted by Crippen LogP contribution is 2.16. The quantitative estimate of drug-likeness (QED) is 0.543. The average Bonchev–Trinajstić information content (AvgIpc) is 2.51. The van der Waals surface area contributed by atoms with Gasteiger partial charge in [0.2, 0.25) is 0 Å². The number of halogens is 1. The van der Waals surface area contributed by atoms with Crippen LogP contribution in [-0.2, 0) is 5.75 Å². The first kappa shape index (κ1) is 17.3. The predicted molar refractivity (Wildman–Crippen MR) is 104 cm³/mol. The molecule has 2 aromatic rings. The molecule has 0 aromatic heterocycles. The lowest BCUT2D eigenvalue weighted by Crippen LogP contribution is -2.26. The summed E-state index contributed by atoms with van der Waals surface area (Å²) in [7, 11) is 0. The van der Waals surface area contributed by atoms with Gasteiger partial charge in [-0.2, -0.15) is 11.8 Å². The molecule has 0 bridgehead atoms. The number of amides is 1. The van der Waals surface area contributed by atoms with E-state index in [0.717, 1.165) is 26.2 Å². The molecule has 0 atom stereocenters. The molecule has 1 amide bonds. The monoisotopic (exact) mass is 425 g/mol. The van der Waals surface area contributed by atoms with Crippen molar-refractivity contribution in [1.82, 2.24) is 5.32 Å². The van der Waals surface area contributed by atoms with E-state index in [1.807, 2.05) is 36.9 Å². The van der Waals surface area contributed by atoms with E-state index in [-0.39, 0.29) is 5.91 Å². The third-order valence-corrected chi connectivity index (χ3v) is 5.82. The van der Waals surface area contributed by atoms with Crippen LogP contribution in [0.25, 0.3) is 0 Å². The van der Waals surface area contributed by atoms with Crippen molar-refractivity contribution in [3.63, 3.8) is 0 Å². The van der Waals surface area contributed by atoms with Crippen LogP contribution in [0.2, 0.25) is 0 Å². The van der Waals surface area contributed by atoms with E-state index in [2.05, 4.69) is 59.1 Å². The molecule has 2 nitrogen and oxygen atoms in total. The van der Waals surface area contributed by atoms with Crippen LogP contribution in [0.4, 0.5) is 0 Å². The van der Waals surface area contributed by atoms with E-state index in [1.165, 1.54) is 11.1 Å². The van der Waals surface area contributed by atoms with Gasteiger partial charge in [0.05, 0.1) is 5.56 Å². The highest BCUT2D eigenvalue weighted by Gasteiger charge is 2.10. The zero-order valence-electron chi connectivity index (χ0n) is 12.9. The smallest absolute Gasteiger partial charge is 0.252 e. The number of carbonyl (C=O) groups is 1. The molecule has 22 heavy (non-hydrogen) atoms. The maximum Gasteiger partial charge on any atom is 0.252 e. The minimum Gasteiger partial charge on any atom is -0.351 e. The molecule has 0 radical (unpaired) electrons. The first-order valence-corrected chi connectivity index (χ1v) is 9.48. The molecule has 116 valence electrons. The Morgan fingerprint density at radius 3 is 2.59 bits per heavy atom. The highest BCUT2D eigenvalue weighted by atomic mass is 127. The van der Waals surface area contributed by atoms with Gasteiger partial charge in [-0.3, -0.25) is 4.79 Å². The van der Waals surface area contributed by atoms with Crippen molar-refractivity contribution in [1.29, 1.82) is 0 Å². The average molecular weight is 425 g/mol. The number of thioether (sulfide) groups is 1. The molecule has 0 heterocycles. The van der Waals surface area contributed by atoms with Gasteiger partial charge >= 0.3 is 0 Å². The van der Waals surface area contributed by atoms with Gasteiger partial charge in [0.15, 0.2) is 0 Å². The largest absolute Gasteiger partial charge is 0.351 e. The lowest BCUT2D eigenvalue weighted by Gasteiger charge is -2.08. The van der Waals surface area contributed by atoms with Crippen LogP contribution in [0.3, 0.4) is 0 Å². The van der Waals surface area contributed by atoms with Gasteiger partial charge in [0, 0.05) is 21.6 Å². The Kier molecular flexibility index (Phi) is 6.76. The maximum atomic E-state index is 12.2. The van der Waals surface area contributed by atoms with Crippen LogP contribution in [-0.4, -0.2) is 18.2 Å². The third kappa shape index (κ3) is 5.02. The number of carbonyl (C=O) groups excluding carboxylic acids is 1. The second-order valence-electron chi connectivity index (χ2n) is 5.23. The summed E-state index contributed by atoms with van der Waals surface area (Å²) < 4.78 is 1.03. The standard InChI is InChI=1S/C18H20INOS/c1-13-6-8-15(9-7-13)12-22-11-10-20-18(21)16-5-3-4-14(2)17(16)19/h3-9H,10-12H2,1-2H3,(H,20,21). The Hall–Kier alpha value is -1.01. The van der Waals surface area contributed by atoms with Crippen molar-refractivity contribution in [2.24, 2.45) is 0 Å². The molecule has 0 aliphatic rings. The van der Waals surface area contributed by atoms with E-state index < -0.39 is 0 Å². The summed E-state index contributed by atoms with van der Waals surface area (Å²) in [5.41, 5.74) is 4.52. The van der Waals surface area contributed by atoms with Crippen LogP contribution in [0.1, 0.15) is 27.0 Å². The molecule has 0 saturated heterocycles. The fraction of sp³-hybridized carbons (Fsp3) is 0.278. The van der Waals surface area contributed by atoms with E-state index in [4.69, 9.17) is 0 Å². The fourth-order valence-corrected chi connectivity index (χ4v) is 3.45. The first-order valence-electron chi connectivity index (χ1n) is 7.24. The summed E-state index contributed by atoms with van der Waals surface area (Å²) in [5.74, 6) is 1.92. The topological polar surface area (TPSA) is 29.1 Å². The van der Waals surface area contributed by atoms with Crippen molar-refractivity contribution in [3.8, 4) is 0 Å². The van der Waals surface area contributed by atoms with Gasteiger partial charge in [-0.15, -0.1) is 0 Å². The van der Waals surface area contributed by atoms with Gasteiger partial charge in [-0.1, -0.05) is 42.0 Å². The molecule has 0 saturated carbocycles. The molecule has 2 rings (SSSR count). The summed E-state index contributed by atoms with van der Waals surface area (Å²) in [4.78, 5) is 12.2. The molecule has 0 fully saturated rings. The number of aryl methyl sites for hydroxylation is 2. The Labute approximate surface area is 150 Å². The molecule has 0 aliphatic heterocycles. The number of nitrogens with one attached hydrogen (secondary N) is 1. The second kappa shape index (κ2) is 8.58. The first-order chi connectivity index (χ1) is 10.6. The number of rotatable bonds is 6. The minimum absolute atomic E-state index is 0.0176. The van der Waals surface area contributed by atoms with Crippen LogP contribution in [0.5, 0.6) is 0 Å². The SMILES string of the molecule is Cc1ccc(CSCCNC(=O)c2cccc(C)c2I)cc1. The van der Waals surface area contributed by atoms with Gasteiger partial charge in [0.25, 0.3) is 5.91 Å². The van der Waals surface area contributed by atoms with E-state index in [1.54, 1.807) is 0 Å². The molecule has 0 unspecified atom stereocenters. The molecule has 1 N–H and O–H groups in total. The van der Waals surface area contributed by atoms with Crippen LogP contribution in [0, 0.1) is 17.4 Å². The number of benzene rings is 2. The minimum atomic E-state index is 0.0176. The normalized spacial score (nSPS) is 10.5. The summed E-state index contributed by atoms with van der Waals surface area (Å²) >= 11 is 4.07. The Balaban J connectivity index is 1.73. The second-order valence-corrected chi connectivity index (χ2v) is 7.41. The third-order valence-electron chi connectivity index (χ3n) is 3.36. The van der Waals surface area contributed by atoms with Crippen molar-refractivity contribution < 1.29 is 4.79 Å². The molecule has 2 aromatic carbocycles.